The molecule has 0 spiro atoms. The number of rotatable bonds is 8. The standard InChI is InChI=1S/C31H35ClN2O5/c1-5-20(2)39-29-19-25-22(16-28(29)37-4)17-30(35)34(31(25)21-6-8-23(32)9-7-21)26-11-10-24(18-27(26)36-3)33-12-14-38-15-13-33/h6-11,16,18-20,31H,5,12-15,17H2,1-4H3. The van der Waals surface area contributed by atoms with E-state index in [1.807, 2.05) is 60.4 Å². The molecule has 3 aromatic carbocycles. The van der Waals surface area contributed by atoms with Crippen LogP contribution in [-0.4, -0.2) is 52.5 Å². The van der Waals surface area contributed by atoms with Crippen LogP contribution in [0.1, 0.15) is 43.0 Å². The first-order valence-corrected chi connectivity index (χ1v) is 13.8. The maximum absolute atomic E-state index is 13.9. The van der Waals surface area contributed by atoms with E-state index in [0.29, 0.717) is 41.2 Å². The van der Waals surface area contributed by atoms with Gasteiger partial charge in [0, 0.05) is 29.9 Å². The molecule has 2 unspecified atom stereocenters. The molecule has 0 saturated carbocycles. The number of amides is 1. The molecular weight excluding hydrogens is 516 g/mol. The SMILES string of the molecule is CCC(C)Oc1cc2c(cc1OC)CC(=O)N(c1ccc(N3CCOCC3)cc1OC)C2c1ccc(Cl)cc1. The van der Waals surface area contributed by atoms with Crippen molar-refractivity contribution in [1.82, 2.24) is 0 Å². The fourth-order valence-corrected chi connectivity index (χ4v) is 5.36. The van der Waals surface area contributed by atoms with Crippen molar-refractivity contribution in [3.05, 3.63) is 76.3 Å². The van der Waals surface area contributed by atoms with Gasteiger partial charge in [-0.2, -0.15) is 0 Å². The van der Waals surface area contributed by atoms with E-state index in [0.717, 1.165) is 41.9 Å². The lowest BCUT2D eigenvalue weighted by Crippen LogP contribution is -2.41. The van der Waals surface area contributed by atoms with Crippen molar-refractivity contribution in [3.8, 4) is 17.2 Å². The second-order valence-corrected chi connectivity index (χ2v) is 10.3. The zero-order valence-corrected chi connectivity index (χ0v) is 23.7. The summed E-state index contributed by atoms with van der Waals surface area (Å²) in [7, 11) is 3.27. The van der Waals surface area contributed by atoms with Crippen LogP contribution in [0.4, 0.5) is 11.4 Å². The summed E-state index contributed by atoms with van der Waals surface area (Å²) in [6.07, 6.45) is 1.10. The number of anilines is 2. The number of ether oxygens (including phenoxy) is 4. The minimum Gasteiger partial charge on any atom is -0.494 e. The summed E-state index contributed by atoms with van der Waals surface area (Å²) in [4.78, 5) is 18.0. The van der Waals surface area contributed by atoms with E-state index >= 15 is 0 Å². The number of benzene rings is 3. The van der Waals surface area contributed by atoms with Crippen LogP contribution in [0.3, 0.4) is 0 Å². The molecule has 2 atom stereocenters. The highest BCUT2D eigenvalue weighted by atomic mass is 35.5. The van der Waals surface area contributed by atoms with Gasteiger partial charge >= 0.3 is 0 Å². The number of hydrogen-bond donors (Lipinski definition) is 0. The Morgan fingerprint density at radius 3 is 2.36 bits per heavy atom. The van der Waals surface area contributed by atoms with Gasteiger partial charge in [-0.3, -0.25) is 9.69 Å². The molecule has 2 heterocycles. The predicted molar refractivity (Wildman–Crippen MR) is 154 cm³/mol. The molecule has 1 fully saturated rings. The smallest absolute Gasteiger partial charge is 0.232 e. The quantitative estimate of drug-likeness (QED) is 0.340. The van der Waals surface area contributed by atoms with Crippen molar-refractivity contribution < 1.29 is 23.7 Å². The molecule has 0 aromatic heterocycles. The number of methoxy groups -OCH3 is 2. The molecular formula is C31H35ClN2O5. The van der Waals surface area contributed by atoms with E-state index in [2.05, 4.69) is 17.9 Å². The molecule has 0 bridgehead atoms. The van der Waals surface area contributed by atoms with Crippen LogP contribution in [0.15, 0.2) is 54.6 Å². The van der Waals surface area contributed by atoms with Gasteiger partial charge in [0.25, 0.3) is 0 Å². The molecule has 1 saturated heterocycles. The largest absolute Gasteiger partial charge is 0.494 e. The first-order chi connectivity index (χ1) is 18.9. The van der Waals surface area contributed by atoms with Crippen LogP contribution < -0.4 is 24.0 Å². The van der Waals surface area contributed by atoms with Crippen molar-refractivity contribution in [2.45, 2.75) is 38.8 Å². The van der Waals surface area contributed by atoms with Gasteiger partial charge in [-0.05, 0) is 66.4 Å². The fraction of sp³-hybridized carbons (Fsp3) is 0.387. The monoisotopic (exact) mass is 550 g/mol. The molecule has 8 heteroatoms. The summed E-state index contributed by atoms with van der Waals surface area (Å²) in [5, 5.41) is 0.635. The molecule has 7 nitrogen and oxygen atoms in total. The van der Waals surface area contributed by atoms with E-state index in [9.17, 15) is 4.79 Å². The minimum absolute atomic E-state index is 0.0140. The molecule has 3 aromatic rings. The van der Waals surface area contributed by atoms with Gasteiger partial charge < -0.3 is 23.8 Å². The average Bonchev–Trinajstić information content (AvgIpc) is 2.97. The van der Waals surface area contributed by atoms with Crippen LogP contribution in [0.5, 0.6) is 17.2 Å². The Labute approximate surface area is 235 Å². The van der Waals surface area contributed by atoms with E-state index in [1.54, 1.807) is 14.2 Å². The van der Waals surface area contributed by atoms with Gasteiger partial charge in [0.15, 0.2) is 11.5 Å². The molecule has 1 amide bonds. The number of fused-ring (bicyclic) bond motifs is 1. The van der Waals surface area contributed by atoms with Crippen LogP contribution in [0.25, 0.3) is 0 Å². The zero-order chi connectivity index (χ0) is 27.5. The number of hydrogen-bond acceptors (Lipinski definition) is 6. The molecule has 39 heavy (non-hydrogen) atoms. The van der Waals surface area contributed by atoms with Crippen molar-refractivity contribution in [2.24, 2.45) is 0 Å². The topological polar surface area (TPSA) is 60.5 Å². The lowest BCUT2D eigenvalue weighted by atomic mass is 9.86. The van der Waals surface area contributed by atoms with Crippen molar-refractivity contribution in [3.63, 3.8) is 0 Å². The fourth-order valence-electron chi connectivity index (χ4n) is 5.24. The molecule has 0 N–H and O–H groups in total. The summed E-state index contributed by atoms with van der Waals surface area (Å²) in [5.74, 6) is 1.89. The summed E-state index contributed by atoms with van der Waals surface area (Å²) >= 11 is 6.26. The number of morpholine rings is 1. The third-order valence-electron chi connectivity index (χ3n) is 7.48. The number of carbonyl (C=O) groups excluding carboxylic acids is 1. The van der Waals surface area contributed by atoms with Gasteiger partial charge in [-0.15, -0.1) is 0 Å². The predicted octanol–water partition coefficient (Wildman–Crippen LogP) is 6.05. The van der Waals surface area contributed by atoms with Gasteiger partial charge in [0.1, 0.15) is 5.75 Å². The number of nitrogens with zero attached hydrogens (tertiary/aromatic N) is 2. The van der Waals surface area contributed by atoms with E-state index in [4.69, 9.17) is 30.5 Å². The summed E-state index contributed by atoms with van der Waals surface area (Å²) in [6.45, 7) is 7.12. The van der Waals surface area contributed by atoms with Gasteiger partial charge in [-0.25, -0.2) is 0 Å². The number of halogens is 1. The van der Waals surface area contributed by atoms with Crippen LogP contribution in [0.2, 0.25) is 5.02 Å². The first kappa shape index (κ1) is 27.2. The normalized spacial score (nSPS) is 18.0. The Morgan fingerprint density at radius 1 is 0.974 bits per heavy atom. The highest BCUT2D eigenvalue weighted by Crippen LogP contribution is 2.46. The third-order valence-corrected chi connectivity index (χ3v) is 7.73. The van der Waals surface area contributed by atoms with E-state index in [1.165, 1.54) is 0 Å². The van der Waals surface area contributed by atoms with Crippen molar-refractivity contribution in [1.29, 1.82) is 0 Å². The summed E-state index contributed by atoms with van der Waals surface area (Å²) < 4.78 is 23.3. The summed E-state index contributed by atoms with van der Waals surface area (Å²) in [5.41, 5.74) is 4.59. The zero-order valence-electron chi connectivity index (χ0n) is 22.9. The lowest BCUT2D eigenvalue weighted by molar-refractivity contribution is -0.118. The second kappa shape index (κ2) is 11.8. The third kappa shape index (κ3) is 5.52. The van der Waals surface area contributed by atoms with Gasteiger partial charge in [0.2, 0.25) is 5.91 Å². The van der Waals surface area contributed by atoms with Gasteiger partial charge in [0.05, 0.1) is 51.7 Å². The maximum atomic E-state index is 13.9. The molecule has 5 rings (SSSR count). The van der Waals surface area contributed by atoms with Crippen LogP contribution in [-0.2, 0) is 16.0 Å². The molecule has 2 aliphatic heterocycles. The average molecular weight is 551 g/mol. The Hall–Kier alpha value is -3.42. The highest BCUT2D eigenvalue weighted by Gasteiger charge is 2.37. The lowest BCUT2D eigenvalue weighted by Gasteiger charge is -2.39. The highest BCUT2D eigenvalue weighted by molar-refractivity contribution is 6.30. The molecule has 0 aliphatic carbocycles. The first-order valence-electron chi connectivity index (χ1n) is 13.4. The Morgan fingerprint density at radius 2 is 1.69 bits per heavy atom. The van der Waals surface area contributed by atoms with Gasteiger partial charge in [-0.1, -0.05) is 30.7 Å². The van der Waals surface area contributed by atoms with E-state index < -0.39 is 6.04 Å². The molecule has 2 aliphatic rings. The van der Waals surface area contributed by atoms with Crippen LogP contribution in [0, 0.1) is 0 Å². The van der Waals surface area contributed by atoms with Crippen molar-refractivity contribution >= 4 is 28.9 Å². The minimum atomic E-state index is -0.410. The van der Waals surface area contributed by atoms with E-state index in [-0.39, 0.29) is 18.4 Å². The Balaban J connectivity index is 1.65. The second-order valence-electron chi connectivity index (χ2n) is 9.89. The molecule has 206 valence electrons. The van der Waals surface area contributed by atoms with Crippen LogP contribution >= 0.6 is 11.6 Å². The molecule has 0 radical (unpaired) electrons. The number of carbonyl (C=O) groups is 1. The van der Waals surface area contributed by atoms with Crippen molar-refractivity contribution in [2.75, 3.05) is 50.3 Å². The summed E-state index contributed by atoms with van der Waals surface area (Å²) in [6, 6.07) is 17.2. The Bertz CT molecular complexity index is 1320. The Kier molecular flexibility index (Phi) is 8.19. The maximum Gasteiger partial charge on any atom is 0.232 e.